The van der Waals surface area contributed by atoms with Gasteiger partial charge in [-0.3, -0.25) is 0 Å². The predicted molar refractivity (Wildman–Crippen MR) is 58.7 cm³/mol. The molecular weight excluding hydrogens is 226 g/mol. The minimum Gasteiger partial charge on any atom is -0.205 e. The lowest BCUT2D eigenvalue weighted by atomic mass is 10.1. The molecule has 0 aromatic heterocycles. The van der Waals surface area contributed by atoms with Crippen molar-refractivity contribution < 1.29 is 8.78 Å². The SMILES string of the molecule is N#Cc1c(F)cc(C=CCCN=[N+]=[N-])cc1F. The van der Waals surface area contributed by atoms with Crippen molar-refractivity contribution in [3.8, 4) is 6.07 Å². The average molecular weight is 234 g/mol. The van der Waals surface area contributed by atoms with E-state index in [0.29, 0.717) is 12.0 Å². The van der Waals surface area contributed by atoms with Crippen LogP contribution in [0.4, 0.5) is 8.78 Å². The van der Waals surface area contributed by atoms with Crippen molar-refractivity contribution in [3.05, 3.63) is 51.4 Å². The maximum absolute atomic E-state index is 13.2. The van der Waals surface area contributed by atoms with Crippen LogP contribution < -0.4 is 0 Å². The molecule has 0 fully saturated rings. The Morgan fingerprint density at radius 2 is 2.06 bits per heavy atom. The van der Waals surface area contributed by atoms with Gasteiger partial charge in [-0.05, 0) is 29.6 Å². The molecular formula is C11H8F2N4. The molecule has 0 N–H and O–H groups in total. The molecule has 0 radical (unpaired) electrons. The van der Waals surface area contributed by atoms with E-state index in [2.05, 4.69) is 10.0 Å². The van der Waals surface area contributed by atoms with E-state index in [1.807, 2.05) is 0 Å². The molecule has 1 rings (SSSR count). The molecule has 0 saturated carbocycles. The van der Waals surface area contributed by atoms with Crippen LogP contribution in [0.5, 0.6) is 0 Å². The highest BCUT2D eigenvalue weighted by molar-refractivity contribution is 5.51. The van der Waals surface area contributed by atoms with Crippen LogP contribution in [0.3, 0.4) is 0 Å². The van der Waals surface area contributed by atoms with E-state index in [1.165, 1.54) is 12.1 Å². The Hall–Kier alpha value is -2.38. The minimum atomic E-state index is -0.887. The summed E-state index contributed by atoms with van der Waals surface area (Å²) in [6, 6.07) is 3.60. The first-order chi connectivity index (χ1) is 8.19. The maximum atomic E-state index is 13.2. The van der Waals surface area contributed by atoms with Crippen molar-refractivity contribution in [3.63, 3.8) is 0 Å². The molecule has 4 nitrogen and oxygen atoms in total. The molecule has 0 amide bonds. The molecule has 0 unspecified atom stereocenters. The van der Waals surface area contributed by atoms with Gasteiger partial charge in [-0.25, -0.2) is 8.78 Å². The second-order valence-electron chi connectivity index (χ2n) is 3.12. The zero-order valence-corrected chi connectivity index (χ0v) is 8.77. The predicted octanol–water partition coefficient (Wildman–Crippen LogP) is 3.55. The zero-order valence-electron chi connectivity index (χ0n) is 8.77. The lowest BCUT2D eigenvalue weighted by Crippen LogP contribution is -1.91. The quantitative estimate of drug-likeness (QED) is 0.340. The van der Waals surface area contributed by atoms with Gasteiger partial charge < -0.3 is 0 Å². The molecule has 6 heteroatoms. The summed E-state index contributed by atoms with van der Waals surface area (Å²) in [7, 11) is 0. The van der Waals surface area contributed by atoms with Gasteiger partial charge >= 0.3 is 0 Å². The van der Waals surface area contributed by atoms with Crippen molar-refractivity contribution >= 4 is 6.08 Å². The van der Waals surface area contributed by atoms with Crippen LogP contribution in [0.25, 0.3) is 16.5 Å². The first kappa shape index (κ1) is 12.7. The smallest absolute Gasteiger partial charge is 0.144 e. The van der Waals surface area contributed by atoms with Crippen LogP contribution in [0.15, 0.2) is 23.3 Å². The van der Waals surface area contributed by atoms with Crippen molar-refractivity contribution in [1.82, 2.24) is 0 Å². The number of hydrogen-bond acceptors (Lipinski definition) is 2. The standard InChI is InChI=1S/C11H8F2N4/c12-10-5-8(3-1-2-4-16-17-15)6-11(13)9(10)7-14/h1,3,5-6H,2,4H2. The highest BCUT2D eigenvalue weighted by atomic mass is 19.1. The fourth-order valence-corrected chi connectivity index (χ4v) is 1.19. The Kier molecular flexibility index (Phi) is 4.67. The summed E-state index contributed by atoms with van der Waals surface area (Å²) >= 11 is 0. The number of halogens is 2. The van der Waals surface area contributed by atoms with Crippen molar-refractivity contribution in [2.45, 2.75) is 6.42 Å². The fraction of sp³-hybridized carbons (Fsp3) is 0.182. The van der Waals surface area contributed by atoms with E-state index in [4.69, 9.17) is 10.8 Å². The summed E-state index contributed by atoms with van der Waals surface area (Å²) in [5.41, 5.74) is 7.75. The molecule has 0 heterocycles. The third kappa shape index (κ3) is 3.59. The molecule has 0 spiro atoms. The van der Waals surface area contributed by atoms with Crippen LogP contribution in [-0.4, -0.2) is 6.54 Å². The molecule has 0 bridgehead atoms. The van der Waals surface area contributed by atoms with Crippen LogP contribution in [0.1, 0.15) is 17.5 Å². The van der Waals surface area contributed by atoms with E-state index in [9.17, 15) is 8.78 Å². The highest BCUT2D eigenvalue weighted by Crippen LogP contribution is 2.15. The van der Waals surface area contributed by atoms with Gasteiger partial charge in [0, 0.05) is 11.5 Å². The Bertz CT molecular complexity index is 502. The van der Waals surface area contributed by atoms with E-state index in [0.717, 1.165) is 12.1 Å². The van der Waals surface area contributed by atoms with Crippen molar-refractivity contribution in [2.24, 2.45) is 5.11 Å². The van der Waals surface area contributed by atoms with Gasteiger partial charge in [0.2, 0.25) is 0 Å². The molecule has 0 aliphatic heterocycles. The molecule has 17 heavy (non-hydrogen) atoms. The number of azide groups is 1. The summed E-state index contributed by atoms with van der Waals surface area (Å²) < 4.78 is 26.4. The van der Waals surface area contributed by atoms with Crippen molar-refractivity contribution in [1.29, 1.82) is 5.26 Å². The lowest BCUT2D eigenvalue weighted by molar-refractivity contribution is 0.576. The summed E-state index contributed by atoms with van der Waals surface area (Å²) in [5, 5.41) is 11.8. The van der Waals surface area contributed by atoms with Gasteiger partial charge in [-0.15, -0.1) is 0 Å². The summed E-state index contributed by atoms with van der Waals surface area (Å²) in [6.45, 7) is 0.286. The van der Waals surface area contributed by atoms with E-state index < -0.39 is 17.2 Å². The second-order valence-corrected chi connectivity index (χ2v) is 3.12. The molecule has 0 aliphatic carbocycles. The number of nitriles is 1. The molecule has 0 aliphatic rings. The topological polar surface area (TPSA) is 72.5 Å². The van der Waals surface area contributed by atoms with E-state index in [-0.39, 0.29) is 6.54 Å². The molecule has 0 saturated heterocycles. The number of hydrogen-bond donors (Lipinski definition) is 0. The first-order valence-corrected chi connectivity index (χ1v) is 4.75. The monoisotopic (exact) mass is 234 g/mol. The van der Waals surface area contributed by atoms with Crippen LogP contribution in [0, 0.1) is 23.0 Å². The molecule has 1 aromatic rings. The van der Waals surface area contributed by atoms with Crippen molar-refractivity contribution in [2.75, 3.05) is 6.54 Å². The number of nitrogens with zero attached hydrogens (tertiary/aromatic N) is 4. The molecule has 86 valence electrons. The minimum absolute atomic E-state index is 0.286. The van der Waals surface area contributed by atoms with Crippen LogP contribution >= 0.6 is 0 Å². The van der Waals surface area contributed by atoms with Gasteiger partial charge in [0.25, 0.3) is 0 Å². The Morgan fingerprint density at radius 3 is 2.59 bits per heavy atom. The third-order valence-electron chi connectivity index (χ3n) is 1.95. The summed E-state index contributed by atoms with van der Waals surface area (Å²) in [6.07, 6.45) is 3.61. The Balaban J connectivity index is 2.80. The maximum Gasteiger partial charge on any atom is 0.144 e. The van der Waals surface area contributed by atoms with Gasteiger partial charge in [0.1, 0.15) is 23.3 Å². The summed E-state index contributed by atoms with van der Waals surface area (Å²) in [4.78, 5) is 2.57. The zero-order chi connectivity index (χ0) is 12.7. The normalized spacial score (nSPS) is 9.94. The Labute approximate surface area is 96.4 Å². The first-order valence-electron chi connectivity index (χ1n) is 4.75. The van der Waals surface area contributed by atoms with E-state index >= 15 is 0 Å². The van der Waals surface area contributed by atoms with Gasteiger partial charge in [-0.1, -0.05) is 17.3 Å². The lowest BCUT2D eigenvalue weighted by Gasteiger charge is -1.98. The van der Waals surface area contributed by atoms with Crippen LogP contribution in [-0.2, 0) is 0 Å². The third-order valence-corrected chi connectivity index (χ3v) is 1.95. The Morgan fingerprint density at radius 1 is 1.41 bits per heavy atom. The van der Waals surface area contributed by atoms with Gasteiger partial charge in [0.05, 0.1) is 0 Å². The molecule has 0 atom stereocenters. The number of rotatable bonds is 4. The van der Waals surface area contributed by atoms with Gasteiger partial charge in [0.15, 0.2) is 0 Å². The van der Waals surface area contributed by atoms with Crippen LogP contribution in [0.2, 0.25) is 0 Å². The second kappa shape index (κ2) is 6.26. The number of benzene rings is 1. The fourth-order valence-electron chi connectivity index (χ4n) is 1.19. The average Bonchev–Trinajstić information content (AvgIpc) is 2.28. The van der Waals surface area contributed by atoms with E-state index in [1.54, 1.807) is 6.08 Å². The largest absolute Gasteiger partial charge is 0.205 e. The van der Waals surface area contributed by atoms with Gasteiger partial charge in [-0.2, -0.15) is 5.26 Å². The molecule has 1 aromatic carbocycles. The highest BCUT2D eigenvalue weighted by Gasteiger charge is 2.08. The summed E-state index contributed by atoms with van der Waals surface area (Å²) in [5.74, 6) is -1.77.